The van der Waals surface area contributed by atoms with E-state index in [4.69, 9.17) is 11.6 Å². The first kappa shape index (κ1) is 10.8. The lowest BCUT2D eigenvalue weighted by Gasteiger charge is -2.00. The van der Waals surface area contributed by atoms with Gasteiger partial charge in [0.2, 0.25) is 0 Å². The molecule has 2 heterocycles. The molecule has 0 aliphatic rings. The molecule has 0 N–H and O–H groups in total. The maximum absolute atomic E-state index is 11.8. The van der Waals surface area contributed by atoms with Crippen LogP contribution >= 0.6 is 11.6 Å². The van der Waals surface area contributed by atoms with Crippen LogP contribution < -0.4 is 0 Å². The van der Waals surface area contributed by atoms with Gasteiger partial charge in [-0.3, -0.25) is 14.8 Å². The van der Waals surface area contributed by atoms with Crippen molar-refractivity contribution >= 4 is 17.4 Å². The smallest absolute Gasteiger partial charge is 0.170 e. The molecule has 0 saturated heterocycles. The Kier molecular flexibility index (Phi) is 3.27. The number of carbonyl (C=O) groups excluding carboxylic acids is 1. The number of pyridine rings is 2. The zero-order valence-electron chi connectivity index (χ0n) is 8.43. The molecule has 0 radical (unpaired) electrons. The molecule has 0 aromatic carbocycles. The lowest BCUT2D eigenvalue weighted by atomic mass is 10.1. The number of carbonyl (C=O) groups is 1. The minimum atomic E-state index is -0.0112. The van der Waals surface area contributed by atoms with E-state index < -0.39 is 0 Å². The van der Waals surface area contributed by atoms with Gasteiger partial charge in [0.15, 0.2) is 5.78 Å². The van der Waals surface area contributed by atoms with Crippen LogP contribution in [0, 0.1) is 0 Å². The Morgan fingerprint density at radius 2 is 2.19 bits per heavy atom. The number of aromatic nitrogens is 2. The summed E-state index contributed by atoms with van der Waals surface area (Å²) in [4.78, 5) is 19.8. The van der Waals surface area contributed by atoms with Gasteiger partial charge < -0.3 is 0 Å². The van der Waals surface area contributed by atoms with Gasteiger partial charge in [-0.2, -0.15) is 0 Å². The second kappa shape index (κ2) is 4.86. The van der Waals surface area contributed by atoms with Crippen molar-refractivity contribution < 1.29 is 4.79 Å². The summed E-state index contributed by atoms with van der Waals surface area (Å²) in [6, 6.07) is 6.84. The van der Waals surface area contributed by atoms with Crippen molar-refractivity contribution in [3.63, 3.8) is 0 Å². The van der Waals surface area contributed by atoms with Crippen LogP contribution in [0.1, 0.15) is 16.1 Å². The van der Waals surface area contributed by atoms with Crippen LogP contribution in [0.5, 0.6) is 0 Å². The first-order valence-corrected chi connectivity index (χ1v) is 5.17. The molecule has 3 nitrogen and oxygen atoms in total. The number of hydrogen-bond donors (Lipinski definition) is 0. The van der Waals surface area contributed by atoms with Crippen LogP contribution in [0.2, 0.25) is 5.02 Å². The van der Waals surface area contributed by atoms with E-state index in [0.29, 0.717) is 16.3 Å². The average Bonchev–Trinajstić information content (AvgIpc) is 2.30. The predicted octanol–water partition coefficient (Wildman–Crippen LogP) is 2.56. The molecule has 2 aromatic heterocycles. The Labute approximate surface area is 98.1 Å². The number of Topliss-reactive ketones (excluding diaryl/α,β-unsaturated/α-hetero) is 1. The minimum Gasteiger partial charge on any atom is -0.294 e. The molecule has 0 spiro atoms. The van der Waals surface area contributed by atoms with Gasteiger partial charge in [-0.05, 0) is 24.3 Å². The molecule has 0 atom stereocenters. The summed E-state index contributed by atoms with van der Waals surface area (Å²) in [5.41, 5.74) is 1.26. The van der Waals surface area contributed by atoms with Crippen LogP contribution in [-0.2, 0) is 6.42 Å². The van der Waals surface area contributed by atoms with Gasteiger partial charge in [0.05, 0.1) is 6.42 Å². The van der Waals surface area contributed by atoms with E-state index in [1.807, 2.05) is 0 Å². The van der Waals surface area contributed by atoms with E-state index in [-0.39, 0.29) is 12.2 Å². The molecular weight excluding hydrogens is 224 g/mol. The van der Waals surface area contributed by atoms with Gasteiger partial charge in [0.25, 0.3) is 0 Å². The fourth-order valence-electron chi connectivity index (χ4n) is 1.34. The van der Waals surface area contributed by atoms with Crippen LogP contribution in [0.4, 0.5) is 0 Å². The zero-order valence-corrected chi connectivity index (χ0v) is 9.19. The van der Waals surface area contributed by atoms with E-state index in [1.54, 1.807) is 42.9 Å². The van der Waals surface area contributed by atoms with E-state index >= 15 is 0 Å². The zero-order chi connectivity index (χ0) is 11.4. The van der Waals surface area contributed by atoms with E-state index in [9.17, 15) is 4.79 Å². The second-order valence-corrected chi connectivity index (χ2v) is 3.74. The molecule has 2 aromatic rings. The van der Waals surface area contributed by atoms with Gasteiger partial charge in [0, 0.05) is 34.9 Å². The van der Waals surface area contributed by atoms with Gasteiger partial charge in [-0.25, -0.2) is 0 Å². The topological polar surface area (TPSA) is 42.9 Å². The summed E-state index contributed by atoms with van der Waals surface area (Å²) >= 11 is 5.81. The van der Waals surface area contributed by atoms with Gasteiger partial charge >= 0.3 is 0 Å². The quantitative estimate of drug-likeness (QED) is 0.764. The molecule has 0 aliphatic carbocycles. The van der Waals surface area contributed by atoms with Crippen molar-refractivity contribution in [3.8, 4) is 0 Å². The highest BCUT2D eigenvalue weighted by Gasteiger charge is 2.07. The largest absolute Gasteiger partial charge is 0.294 e. The van der Waals surface area contributed by atoms with Crippen molar-refractivity contribution in [1.29, 1.82) is 0 Å². The summed E-state index contributed by atoms with van der Waals surface area (Å²) in [7, 11) is 0. The molecule has 4 heteroatoms. The maximum atomic E-state index is 11.8. The summed E-state index contributed by atoms with van der Waals surface area (Å²) in [6.45, 7) is 0. The van der Waals surface area contributed by atoms with Crippen molar-refractivity contribution in [1.82, 2.24) is 9.97 Å². The average molecular weight is 233 g/mol. The standard InChI is InChI=1S/C12H9ClN2O/c13-10-3-5-15-11(6-10)7-12(16)9-2-1-4-14-8-9/h1-6,8H,7H2. The molecule has 2 rings (SSSR count). The first-order valence-electron chi connectivity index (χ1n) is 4.79. The second-order valence-electron chi connectivity index (χ2n) is 3.31. The van der Waals surface area contributed by atoms with Crippen LogP contribution in [0.15, 0.2) is 42.9 Å². The monoisotopic (exact) mass is 232 g/mol. The number of nitrogens with zero attached hydrogens (tertiary/aromatic N) is 2. The lowest BCUT2D eigenvalue weighted by molar-refractivity contribution is 0.0991. The summed E-state index contributed by atoms with van der Waals surface area (Å²) in [5, 5.41) is 0.587. The molecule has 0 bridgehead atoms. The van der Waals surface area contributed by atoms with Crippen LogP contribution in [0.3, 0.4) is 0 Å². The number of rotatable bonds is 3. The first-order chi connectivity index (χ1) is 7.75. The molecule has 0 fully saturated rings. The highest BCUT2D eigenvalue weighted by molar-refractivity contribution is 6.30. The highest BCUT2D eigenvalue weighted by Crippen LogP contribution is 2.10. The van der Waals surface area contributed by atoms with E-state index in [2.05, 4.69) is 9.97 Å². The molecule has 0 amide bonds. The van der Waals surface area contributed by atoms with Crippen molar-refractivity contribution in [2.75, 3.05) is 0 Å². The Bertz CT molecular complexity index is 499. The van der Waals surface area contributed by atoms with Gasteiger partial charge in [-0.1, -0.05) is 11.6 Å². The fourth-order valence-corrected chi connectivity index (χ4v) is 1.52. The fraction of sp³-hybridized carbons (Fsp3) is 0.0833. The van der Waals surface area contributed by atoms with E-state index in [0.717, 1.165) is 0 Å². The molecule has 0 aliphatic heterocycles. The Morgan fingerprint density at radius 3 is 2.88 bits per heavy atom. The van der Waals surface area contributed by atoms with Gasteiger partial charge in [0.1, 0.15) is 0 Å². The van der Waals surface area contributed by atoms with E-state index in [1.165, 1.54) is 0 Å². The Hall–Kier alpha value is -1.74. The van der Waals surface area contributed by atoms with Crippen molar-refractivity contribution in [3.05, 3.63) is 59.1 Å². The highest BCUT2D eigenvalue weighted by atomic mass is 35.5. The van der Waals surface area contributed by atoms with Crippen LogP contribution in [0.25, 0.3) is 0 Å². The summed E-state index contributed by atoms with van der Waals surface area (Å²) in [6.07, 6.45) is 5.02. The molecule has 0 saturated carbocycles. The molecular formula is C12H9ClN2O. The predicted molar refractivity (Wildman–Crippen MR) is 61.5 cm³/mol. The number of hydrogen-bond acceptors (Lipinski definition) is 3. The van der Waals surface area contributed by atoms with Crippen molar-refractivity contribution in [2.45, 2.75) is 6.42 Å². The maximum Gasteiger partial charge on any atom is 0.170 e. The Balaban J connectivity index is 2.14. The molecule has 0 unspecified atom stereocenters. The van der Waals surface area contributed by atoms with Gasteiger partial charge in [-0.15, -0.1) is 0 Å². The third-order valence-corrected chi connectivity index (χ3v) is 2.34. The molecule has 16 heavy (non-hydrogen) atoms. The third kappa shape index (κ3) is 2.64. The molecule has 80 valence electrons. The number of ketones is 1. The van der Waals surface area contributed by atoms with Crippen LogP contribution in [-0.4, -0.2) is 15.8 Å². The summed E-state index contributed by atoms with van der Waals surface area (Å²) < 4.78 is 0. The Morgan fingerprint density at radius 1 is 1.31 bits per heavy atom. The number of halogens is 1. The normalized spacial score (nSPS) is 10.1. The van der Waals surface area contributed by atoms with Crippen molar-refractivity contribution in [2.24, 2.45) is 0 Å². The summed E-state index contributed by atoms with van der Waals surface area (Å²) in [5.74, 6) is -0.0112. The minimum absolute atomic E-state index is 0.0112. The SMILES string of the molecule is O=C(Cc1cc(Cl)ccn1)c1cccnc1. The lowest BCUT2D eigenvalue weighted by Crippen LogP contribution is -2.05. The third-order valence-electron chi connectivity index (χ3n) is 2.10.